The van der Waals surface area contributed by atoms with Crippen LogP contribution in [0.1, 0.15) is 11.1 Å². The summed E-state index contributed by atoms with van der Waals surface area (Å²) in [5.74, 6) is 0.218. The smallest absolute Gasteiger partial charge is 0.269 e. The van der Waals surface area contributed by atoms with Gasteiger partial charge in [-0.2, -0.15) is 0 Å². The van der Waals surface area contributed by atoms with Gasteiger partial charge in [-0.15, -0.1) is 6.58 Å². The molecular weight excluding hydrogens is 323 g/mol. The predicted molar refractivity (Wildman–Crippen MR) is 95.7 cm³/mol. The maximum absolute atomic E-state index is 13.7. The molecule has 7 heteroatoms. The molecule has 2 aromatic carbocycles. The van der Waals surface area contributed by atoms with Crippen molar-refractivity contribution in [2.45, 2.75) is 13.1 Å². The van der Waals surface area contributed by atoms with Gasteiger partial charge in [-0.3, -0.25) is 10.1 Å². The predicted octanol–water partition coefficient (Wildman–Crippen LogP) is 3.16. The third-order valence-corrected chi connectivity index (χ3v) is 3.38. The normalized spacial score (nSPS) is 11.0. The quantitative estimate of drug-likeness (QED) is 0.266. The van der Waals surface area contributed by atoms with Gasteiger partial charge >= 0.3 is 0 Å². The van der Waals surface area contributed by atoms with E-state index in [1.54, 1.807) is 36.4 Å². The van der Waals surface area contributed by atoms with Crippen LogP contribution < -0.4 is 10.6 Å². The molecule has 25 heavy (non-hydrogen) atoms. The van der Waals surface area contributed by atoms with Crippen LogP contribution in [0.5, 0.6) is 0 Å². The Kier molecular flexibility index (Phi) is 6.65. The number of non-ortho nitro benzene ring substituents is 1. The topological polar surface area (TPSA) is 79.6 Å². The Hall–Kier alpha value is -3.22. The second-order valence-corrected chi connectivity index (χ2v) is 5.20. The van der Waals surface area contributed by atoms with Crippen molar-refractivity contribution < 1.29 is 9.31 Å². The Morgan fingerprint density at radius 2 is 1.92 bits per heavy atom. The van der Waals surface area contributed by atoms with Crippen molar-refractivity contribution in [2.75, 3.05) is 6.54 Å². The zero-order valence-electron chi connectivity index (χ0n) is 13.6. The lowest BCUT2D eigenvalue weighted by molar-refractivity contribution is -0.384. The third kappa shape index (κ3) is 5.72. The summed E-state index contributed by atoms with van der Waals surface area (Å²) in [5.41, 5.74) is 1.40. The van der Waals surface area contributed by atoms with Crippen LogP contribution in [0.3, 0.4) is 0 Å². The van der Waals surface area contributed by atoms with Crippen molar-refractivity contribution in [1.29, 1.82) is 0 Å². The summed E-state index contributed by atoms with van der Waals surface area (Å²) in [5, 5.41) is 16.8. The van der Waals surface area contributed by atoms with Crippen molar-refractivity contribution in [3.8, 4) is 0 Å². The summed E-state index contributed by atoms with van der Waals surface area (Å²) in [6.07, 6.45) is 1.69. The first-order valence-corrected chi connectivity index (χ1v) is 7.70. The maximum Gasteiger partial charge on any atom is 0.269 e. The lowest BCUT2D eigenvalue weighted by Crippen LogP contribution is -2.37. The Bertz CT molecular complexity index is 760. The lowest BCUT2D eigenvalue weighted by Gasteiger charge is -2.12. The average Bonchev–Trinajstić information content (AvgIpc) is 2.62. The Morgan fingerprint density at radius 1 is 1.20 bits per heavy atom. The Labute approximate surface area is 145 Å². The highest BCUT2D eigenvalue weighted by atomic mass is 19.1. The van der Waals surface area contributed by atoms with Crippen LogP contribution >= 0.6 is 0 Å². The first kappa shape index (κ1) is 18.1. The van der Waals surface area contributed by atoms with Crippen molar-refractivity contribution in [2.24, 2.45) is 4.99 Å². The Morgan fingerprint density at radius 3 is 2.56 bits per heavy atom. The van der Waals surface area contributed by atoms with E-state index in [2.05, 4.69) is 22.2 Å². The number of nitrogens with one attached hydrogen (secondary N) is 2. The van der Waals surface area contributed by atoms with E-state index in [-0.39, 0.29) is 18.0 Å². The van der Waals surface area contributed by atoms with Gasteiger partial charge in [0.05, 0.1) is 11.5 Å². The van der Waals surface area contributed by atoms with Crippen molar-refractivity contribution >= 4 is 11.6 Å². The molecule has 0 heterocycles. The van der Waals surface area contributed by atoms with Gasteiger partial charge < -0.3 is 10.6 Å². The molecule has 0 bridgehead atoms. The molecule has 0 aliphatic rings. The highest BCUT2D eigenvalue weighted by Crippen LogP contribution is 2.12. The summed E-state index contributed by atoms with van der Waals surface area (Å²) in [4.78, 5) is 14.6. The number of aliphatic imine (C=N–C) groups is 1. The molecule has 0 saturated heterocycles. The maximum atomic E-state index is 13.7. The number of halogens is 1. The molecule has 2 aromatic rings. The number of nitro groups is 1. The number of nitrogens with zero attached hydrogens (tertiary/aromatic N) is 2. The van der Waals surface area contributed by atoms with Gasteiger partial charge in [-0.1, -0.05) is 36.4 Å². The number of hydrogen-bond acceptors (Lipinski definition) is 3. The summed E-state index contributed by atoms with van der Waals surface area (Å²) in [6, 6.07) is 12.7. The standard InChI is InChI=1S/C18H19FN4O2/c1-2-11-20-18(22-13-15-5-3-4-6-17(15)19)21-12-14-7-9-16(10-8-14)23(24)25/h2-10H,1,11-13H2,(H2,20,21,22). The third-order valence-electron chi connectivity index (χ3n) is 3.38. The minimum atomic E-state index is -0.444. The van der Waals surface area contributed by atoms with Gasteiger partial charge in [-0.05, 0) is 11.6 Å². The van der Waals surface area contributed by atoms with Crippen LogP contribution in [0.25, 0.3) is 0 Å². The van der Waals surface area contributed by atoms with Crippen LogP contribution in [0.2, 0.25) is 0 Å². The first-order valence-electron chi connectivity index (χ1n) is 7.70. The van der Waals surface area contributed by atoms with Crippen molar-refractivity contribution in [3.63, 3.8) is 0 Å². The second-order valence-electron chi connectivity index (χ2n) is 5.20. The van der Waals surface area contributed by atoms with Crippen LogP contribution in [0.4, 0.5) is 10.1 Å². The number of nitro benzene ring substituents is 1. The zero-order valence-corrected chi connectivity index (χ0v) is 13.6. The molecule has 0 aliphatic heterocycles. The van der Waals surface area contributed by atoms with Gasteiger partial charge in [0.15, 0.2) is 5.96 Å². The molecule has 0 saturated carbocycles. The van der Waals surface area contributed by atoms with E-state index in [0.717, 1.165) is 5.56 Å². The van der Waals surface area contributed by atoms with Gasteiger partial charge in [-0.25, -0.2) is 9.38 Å². The van der Waals surface area contributed by atoms with Gasteiger partial charge in [0.25, 0.3) is 5.69 Å². The molecule has 6 nitrogen and oxygen atoms in total. The van der Waals surface area contributed by atoms with E-state index in [0.29, 0.717) is 24.6 Å². The molecule has 0 unspecified atom stereocenters. The van der Waals surface area contributed by atoms with E-state index >= 15 is 0 Å². The molecule has 0 spiro atoms. The van der Waals surface area contributed by atoms with Gasteiger partial charge in [0, 0.05) is 30.8 Å². The fraction of sp³-hybridized carbons (Fsp3) is 0.167. The summed E-state index contributed by atoms with van der Waals surface area (Å²) >= 11 is 0. The molecule has 0 atom stereocenters. The summed E-state index contributed by atoms with van der Waals surface area (Å²) in [6.45, 7) is 4.77. The van der Waals surface area contributed by atoms with E-state index in [1.165, 1.54) is 18.2 Å². The largest absolute Gasteiger partial charge is 0.353 e. The van der Waals surface area contributed by atoms with E-state index < -0.39 is 4.92 Å². The van der Waals surface area contributed by atoms with Crippen molar-refractivity contribution in [1.82, 2.24) is 10.6 Å². The van der Waals surface area contributed by atoms with Crippen LogP contribution in [-0.4, -0.2) is 17.4 Å². The molecule has 0 radical (unpaired) electrons. The number of rotatable bonds is 7. The van der Waals surface area contributed by atoms with E-state index in [4.69, 9.17) is 0 Å². The van der Waals surface area contributed by atoms with Gasteiger partial charge in [0.2, 0.25) is 0 Å². The van der Waals surface area contributed by atoms with Crippen LogP contribution in [0, 0.1) is 15.9 Å². The molecular formula is C18H19FN4O2. The highest BCUT2D eigenvalue weighted by Gasteiger charge is 2.05. The zero-order chi connectivity index (χ0) is 18.1. The first-order chi connectivity index (χ1) is 12.1. The molecule has 0 amide bonds. The van der Waals surface area contributed by atoms with Crippen molar-refractivity contribution in [3.05, 3.63) is 88.2 Å². The average molecular weight is 342 g/mol. The molecule has 2 rings (SSSR count). The van der Waals surface area contributed by atoms with Crippen LogP contribution in [0.15, 0.2) is 66.2 Å². The van der Waals surface area contributed by atoms with Gasteiger partial charge in [0.1, 0.15) is 5.82 Å². The summed E-state index contributed by atoms with van der Waals surface area (Å²) < 4.78 is 13.7. The fourth-order valence-corrected chi connectivity index (χ4v) is 2.06. The minimum absolute atomic E-state index is 0.0374. The molecule has 2 N–H and O–H groups in total. The highest BCUT2D eigenvalue weighted by molar-refractivity contribution is 5.79. The monoisotopic (exact) mass is 342 g/mol. The Balaban J connectivity index is 2.02. The molecule has 130 valence electrons. The molecule has 0 aliphatic carbocycles. The fourth-order valence-electron chi connectivity index (χ4n) is 2.06. The SMILES string of the molecule is C=CCNC(=NCc1ccc([N+](=O)[O-])cc1)NCc1ccccc1F. The number of guanidine groups is 1. The number of hydrogen-bond donors (Lipinski definition) is 2. The lowest BCUT2D eigenvalue weighted by atomic mass is 10.2. The number of benzene rings is 2. The van der Waals surface area contributed by atoms with E-state index in [1.807, 2.05) is 0 Å². The summed E-state index contributed by atoms with van der Waals surface area (Å²) in [7, 11) is 0. The van der Waals surface area contributed by atoms with E-state index in [9.17, 15) is 14.5 Å². The van der Waals surface area contributed by atoms with Crippen LogP contribution in [-0.2, 0) is 13.1 Å². The molecule has 0 aromatic heterocycles. The second kappa shape index (κ2) is 9.17. The molecule has 0 fully saturated rings. The minimum Gasteiger partial charge on any atom is -0.353 e.